The molecule has 1 heterocycles. The summed E-state index contributed by atoms with van der Waals surface area (Å²) in [6.07, 6.45) is 0.0305. The van der Waals surface area contributed by atoms with Gasteiger partial charge in [-0.3, -0.25) is 14.4 Å². The third-order valence-electron chi connectivity index (χ3n) is 4.45. The second kappa shape index (κ2) is 8.44. The van der Waals surface area contributed by atoms with Gasteiger partial charge in [-0.2, -0.15) is 0 Å². The molecule has 0 spiro atoms. The molecule has 1 fully saturated rings. The van der Waals surface area contributed by atoms with Crippen molar-refractivity contribution in [3.63, 3.8) is 0 Å². The number of amides is 2. The molecule has 2 amide bonds. The van der Waals surface area contributed by atoms with Crippen molar-refractivity contribution in [1.82, 2.24) is 0 Å². The molecule has 0 unspecified atom stereocenters. The van der Waals surface area contributed by atoms with Crippen LogP contribution in [-0.4, -0.2) is 30.9 Å². The molecule has 3 rings (SSSR count). The zero-order chi connectivity index (χ0) is 20.3. The molecule has 1 saturated heterocycles. The second-order valence-electron chi connectivity index (χ2n) is 6.89. The van der Waals surface area contributed by atoms with Crippen LogP contribution in [-0.2, 0) is 19.1 Å². The van der Waals surface area contributed by atoms with Crippen LogP contribution in [0.25, 0.3) is 0 Å². The summed E-state index contributed by atoms with van der Waals surface area (Å²) in [5, 5.41) is 3.15. The van der Waals surface area contributed by atoms with E-state index in [4.69, 9.17) is 16.3 Å². The zero-order valence-corrected chi connectivity index (χ0v) is 16.5. The van der Waals surface area contributed by atoms with Crippen molar-refractivity contribution in [3.8, 4) is 0 Å². The summed E-state index contributed by atoms with van der Waals surface area (Å²) in [5.74, 6) is -1.82. The van der Waals surface area contributed by atoms with Gasteiger partial charge < -0.3 is 15.0 Å². The highest BCUT2D eigenvalue weighted by Gasteiger charge is 2.37. The molecule has 1 aliphatic heterocycles. The lowest BCUT2D eigenvalue weighted by Crippen LogP contribution is -2.28. The highest BCUT2D eigenvalue weighted by atomic mass is 35.5. The maximum absolute atomic E-state index is 12.3. The monoisotopic (exact) mass is 400 g/mol. The fourth-order valence-corrected chi connectivity index (χ4v) is 3.51. The Labute approximate surface area is 168 Å². The number of carbonyl (C=O) groups is 3. The Kier molecular flexibility index (Phi) is 5.99. The van der Waals surface area contributed by atoms with Crippen LogP contribution >= 0.6 is 11.6 Å². The van der Waals surface area contributed by atoms with Gasteiger partial charge in [-0.25, -0.2) is 0 Å². The van der Waals surface area contributed by atoms with Gasteiger partial charge >= 0.3 is 5.97 Å². The molecule has 0 bridgehead atoms. The third-order valence-corrected chi connectivity index (χ3v) is 4.77. The fourth-order valence-electron chi connectivity index (χ4n) is 3.27. The molecule has 0 aliphatic carbocycles. The predicted octanol–water partition coefficient (Wildman–Crippen LogP) is 3.49. The van der Waals surface area contributed by atoms with Crippen LogP contribution in [0.15, 0.2) is 42.5 Å². The molecule has 7 heteroatoms. The highest BCUT2D eigenvalue weighted by Crippen LogP contribution is 2.31. The summed E-state index contributed by atoms with van der Waals surface area (Å²) in [6.45, 7) is 3.65. The van der Waals surface area contributed by atoms with Gasteiger partial charge in [0.25, 0.3) is 5.91 Å². The van der Waals surface area contributed by atoms with Crippen LogP contribution < -0.4 is 10.2 Å². The normalized spacial score (nSPS) is 16.2. The molecule has 0 saturated carbocycles. The van der Waals surface area contributed by atoms with E-state index in [1.54, 1.807) is 24.3 Å². The van der Waals surface area contributed by atoms with Crippen LogP contribution in [0.3, 0.4) is 0 Å². The van der Waals surface area contributed by atoms with Gasteiger partial charge in [0.15, 0.2) is 6.61 Å². The quantitative estimate of drug-likeness (QED) is 0.779. The number of hydrogen-bond donors (Lipinski definition) is 1. The summed E-state index contributed by atoms with van der Waals surface area (Å²) in [6, 6.07) is 12.6. The van der Waals surface area contributed by atoms with E-state index in [1.807, 2.05) is 32.0 Å². The number of benzene rings is 2. The van der Waals surface area contributed by atoms with Crippen LogP contribution in [0, 0.1) is 19.8 Å². The van der Waals surface area contributed by atoms with Gasteiger partial charge in [0.05, 0.1) is 16.6 Å². The Hall–Kier alpha value is -2.86. The number of rotatable bonds is 5. The van der Waals surface area contributed by atoms with E-state index in [9.17, 15) is 14.4 Å². The molecule has 2 aromatic rings. The number of hydrogen-bond acceptors (Lipinski definition) is 4. The number of anilines is 2. The molecule has 1 aliphatic rings. The van der Waals surface area contributed by atoms with Crippen LogP contribution in [0.5, 0.6) is 0 Å². The first kappa shape index (κ1) is 19.9. The largest absolute Gasteiger partial charge is 0.455 e. The first-order chi connectivity index (χ1) is 13.3. The van der Waals surface area contributed by atoms with Crippen molar-refractivity contribution in [3.05, 3.63) is 58.6 Å². The maximum Gasteiger partial charge on any atom is 0.311 e. The lowest BCUT2D eigenvalue weighted by Gasteiger charge is -2.17. The van der Waals surface area contributed by atoms with Gasteiger partial charge in [-0.05, 0) is 49.2 Å². The molecule has 28 heavy (non-hydrogen) atoms. The van der Waals surface area contributed by atoms with Crippen molar-refractivity contribution < 1.29 is 19.1 Å². The first-order valence-electron chi connectivity index (χ1n) is 8.93. The van der Waals surface area contributed by atoms with E-state index in [-0.39, 0.29) is 18.9 Å². The third kappa shape index (κ3) is 4.70. The van der Waals surface area contributed by atoms with Gasteiger partial charge in [-0.1, -0.05) is 29.8 Å². The van der Waals surface area contributed by atoms with Crippen LogP contribution in [0.1, 0.15) is 17.5 Å². The molecule has 2 aromatic carbocycles. The predicted molar refractivity (Wildman–Crippen MR) is 107 cm³/mol. The van der Waals surface area contributed by atoms with Gasteiger partial charge in [0.1, 0.15) is 0 Å². The first-order valence-corrected chi connectivity index (χ1v) is 9.31. The number of nitrogens with one attached hydrogen (secondary N) is 1. The van der Waals surface area contributed by atoms with E-state index in [2.05, 4.69) is 5.32 Å². The Balaban J connectivity index is 1.54. The minimum absolute atomic E-state index is 0.0305. The Morgan fingerprint density at radius 1 is 1.18 bits per heavy atom. The number of esters is 1. The smallest absolute Gasteiger partial charge is 0.311 e. The molecule has 146 valence electrons. The summed E-state index contributed by atoms with van der Waals surface area (Å²) in [4.78, 5) is 38.1. The molecule has 0 radical (unpaired) electrons. The number of halogens is 1. The lowest BCUT2D eigenvalue weighted by atomic mass is 10.1. The van der Waals surface area contributed by atoms with Gasteiger partial charge in [-0.15, -0.1) is 0 Å². The Morgan fingerprint density at radius 2 is 1.86 bits per heavy atom. The van der Waals surface area contributed by atoms with Crippen molar-refractivity contribution in [2.75, 3.05) is 23.4 Å². The van der Waals surface area contributed by atoms with Gasteiger partial charge in [0, 0.05) is 18.7 Å². The summed E-state index contributed by atoms with van der Waals surface area (Å²) in [7, 11) is 0. The van der Waals surface area contributed by atoms with E-state index in [1.165, 1.54) is 4.90 Å². The molecule has 1 N–H and O–H groups in total. The number of aryl methyl sites for hydroxylation is 2. The van der Waals surface area contributed by atoms with Crippen molar-refractivity contribution in [2.45, 2.75) is 20.3 Å². The minimum Gasteiger partial charge on any atom is -0.455 e. The highest BCUT2D eigenvalue weighted by molar-refractivity contribution is 6.33. The number of nitrogens with zero attached hydrogens (tertiary/aromatic N) is 1. The zero-order valence-electron chi connectivity index (χ0n) is 15.7. The van der Waals surface area contributed by atoms with E-state index in [0.717, 1.165) is 11.1 Å². The van der Waals surface area contributed by atoms with Crippen LogP contribution in [0.4, 0.5) is 11.4 Å². The van der Waals surface area contributed by atoms with E-state index in [0.29, 0.717) is 16.4 Å². The van der Waals surface area contributed by atoms with Crippen molar-refractivity contribution >= 4 is 40.8 Å². The van der Waals surface area contributed by atoms with E-state index < -0.39 is 24.4 Å². The lowest BCUT2D eigenvalue weighted by molar-refractivity contribution is -0.151. The fraction of sp³-hybridized carbons (Fsp3) is 0.286. The summed E-state index contributed by atoms with van der Waals surface area (Å²) >= 11 is 6.14. The standard InChI is InChI=1S/C21H21ClN2O4/c1-13-7-14(2)9-16(8-13)23-19(25)12-28-21(27)15-10-20(26)24(11-15)18-6-4-3-5-17(18)22/h3-9,15H,10-12H2,1-2H3,(H,23,25)/t15-/m1/s1. The molecular weight excluding hydrogens is 380 g/mol. The maximum atomic E-state index is 12.3. The Bertz CT molecular complexity index is 908. The Morgan fingerprint density at radius 3 is 2.54 bits per heavy atom. The van der Waals surface area contributed by atoms with Gasteiger partial charge in [0.2, 0.25) is 5.91 Å². The summed E-state index contributed by atoms with van der Waals surface area (Å²) < 4.78 is 5.12. The summed E-state index contributed by atoms with van der Waals surface area (Å²) in [5.41, 5.74) is 3.27. The molecule has 1 atom stereocenters. The topological polar surface area (TPSA) is 75.7 Å². The molecule has 0 aromatic heterocycles. The number of ether oxygens (including phenoxy) is 1. The van der Waals surface area contributed by atoms with Crippen molar-refractivity contribution in [2.24, 2.45) is 5.92 Å². The number of para-hydroxylation sites is 1. The average Bonchev–Trinajstić information content (AvgIpc) is 3.01. The van der Waals surface area contributed by atoms with Crippen LogP contribution in [0.2, 0.25) is 5.02 Å². The minimum atomic E-state index is -0.627. The number of carbonyl (C=O) groups excluding carboxylic acids is 3. The molecular formula is C21H21ClN2O4. The molecule has 6 nitrogen and oxygen atoms in total. The van der Waals surface area contributed by atoms with Crippen molar-refractivity contribution in [1.29, 1.82) is 0 Å². The van der Waals surface area contributed by atoms with E-state index >= 15 is 0 Å². The second-order valence-corrected chi connectivity index (χ2v) is 7.30. The SMILES string of the molecule is Cc1cc(C)cc(NC(=O)COC(=O)[C@@H]2CC(=O)N(c3ccccc3Cl)C2)c1. The average molecular weight is 401 g/mol.